The molecule has 3 aromatic rings. The van der Waals surface area contributed by atoms with Gasteiger partial charge in [0, 0.05) is 40.5 Å². The van der Waals surface area contributed by atoms with Crippen molar-refractivity contribution in [3.05, 3.63) is 70.3 Å². The molecule has 0 bridgehead atoms. The highest BCUT2D eigenvalue weighted by Gasteiger charge is 2.24. The van der Waals surface area contributed by atoms with E-state index in [0.717, 1.165) is 29.8 Å². The van der Waals surface area contributed by atoms with Gasteiger partial charge in [0.2, 0.25) is 5.91 Å². The highest BCUT2D eigenvalue weighted by Crippen LogP contribution is 2.29. The van der Waals surface area contributed by atoms with Crippen LogP contribution in [0, 0.1) is 5.82 Å². The monoisotopic (exact) mass is 438 g/mol. The number of allylic oxidation sites excluding steroid dienone is 1. The number of fused-ring (bicyclic) bond motifs is 1. The molecule has 9 heteroatoms. The Labute approximate surface area is 183 Å². The van der Waals surface area contributed by atoms with Crippen molar-refractivity contribution in [1.29, 1.82) is 0 Å². The van der Waals surface area contributed by atoms with Gasteiger partial charge in [-0.05, 0) is 42.7 Å². The first-order chi connectivity index (χ1) is 15.0. The predicted molar refractivity (Wildman–Crippen MR) is 118 cm³/mol. The molecule has 1 saturated carbocycles. The fourth-order valence-electron chi connectivity index (χ4n) is 3.47. The molecular weight excluding hydrogens is 419 g/mol. The van der Waals surface area contributed by atoms with Crippen molar-refractivity contribution in [2.45, 2.75) is 31.8 Å². The van der Waals surface area contributed by atoms with Crippen LogP contribution < -0.4 is 16.0 Å². The first-order valence-electron chi connectivity index (χ1n) is 9.99. The van der Waals surface area contributed by atoms with Crippen molar-refractivity contribution in [2.75, 3.05) is 10.6 Å². The quantitative estimate of drug-likeness (QED) is 0.539. The van der Waals surface area contributed by atoms with E-state index in [-0.39, 0.29) is 24.7 Å². The summed E-state index contributed by atoms with van der Waals surface area (Å²) >= 11 is 6.00. The maximum atomic E-state index is 14.1. The third-order valence-electron chi connectivity index (χ3n) is 5.25. The van der Waals surface area contributed by atoms with Crippen LogP contribution in [0.3, 0.4) is 0 Å². The fourth-order valence-corrected chi connectivity index (χ4v) is 3.67. The van der Waals surface area contributed by atoms with Gasteiger partial charge in [0.25, 0.3) is 0 Å². The second-order valence-corrected chi connectivity index (χ2v) is 8.18. The minimum absolute atomic E-state index is 0.0809. The summed E-state index contributed by atoms with van der Waals surface area (Å²) in [4.78, 5) is 16.3. The van der Waals surface area contributed by atoms with E-state index in [1.165, 1.54) is 12.1 Å². The standard InChI is InChI=1S/C22H20ClFN6O/c1-12-13(8-21(31)27-12)6-15-11-26-30-20(28-17-3-4-17)9-19(29-22(15)30)25-10-14-7-16(23)2-5-18(14)24/h2,5-7,9,11,17,28H,1,3-4,8,10H2,(H,25,29)(H,27,31)/b13-6+. The number of halogens is 2. The lowest BCUT2D eigenvalue weighted by atomic mass is 10.1. The lowest BCUT2D eigenvalue weighted by Crippen LogP contribution is -2.10. The molecule has 31 heavy (non-hydrogen) atoms. The van der Waals surface area contributed by atoms with E-state index in [0.29, 0.717) is 33.8 Å². The third-order valence-corrected chi connectivity index (χ3v) is 5.49. The van der Waals surface area contributed by atoms with Gasteiger partial charge in [-0.1, -0.05) is 18.2 Å². The summed E-state index contributed by atoms with van der Waals surface area (Å²) in [7, 11) is 0. The van der Waals surface area contributed by atoms with Crippen molar-refractivity contribution in [3.63, 3.8) is 0 Å². The Kier molecular flexibility index (Phi) is 4.86. The normalized spacial score (nSPS) is 17.4. The number of carbonyl (C=O) groups excluding carboxylic acids is 1. The first kappa shape index (κ1) is 19.6. The molecule has 158 valence electrons. The molecule has 1 saturated heterocycles. The summed E-state index contributed by atoms with van der Waals surface area (Å²) in [6.07, 6.45) is 6.06. The van der Waals surface area contributed by atoms with Gasteiger partial charge in [-0.3, -0.25) is 4.79 Å². The van der Waals surface area contributed by atoms with Crippen LogP contribution in [0.15, 0.2) is 48.3 Å². The smallest absolute Gasteiger partial charge is 0.228 e. The Morgan fingerprint density at radius 2 is 2.19 bits per heavy atom. The summed E-state index contributed by atoms with van der Waals surface area (Å²) in [5.41, 5.74) is 3.24. The molecule has 2 aromatic heterocycles. The molecule has 1 aromatic carbocycles. The maximum Gasteiger partial charge on any atom is 0.228 e. The lowest BCUT2D eigenvalue weighted by Gasteiger charge is -2.12. The van der Waals surface area contributed by atoms with E-state index in [1.807, 2.05) is 12.1 Å². The number of hydrogen-bond acceptors (Lipinski definition) is 5. The van der Waals surface area contributed by atoms with Gasteiger partial charge < -0.3 is 16.0 Å². The van der Waals surface area contributed by atoms with Crippen LogP contribution in [0.5, 0.6) is 0 Å². The number of nitrogens with zero attached hydrogens (tertiary/aromatic N) is 3. The number of carbonyl (C=O) groups is 1. The zero-order valence-electron chi connectivity index (χ0n) is 16.6. The zero-order chi connectivity index (χ0) is 21.5. The van der Waals surface area contributed by atoms with Crippen molar-refractivity contribution >= 4 is 40.9 Å². The second-order valence-electron chi connectivity index (χ2n) is 7.74. The Bertz CT molecular complexity index is 1250. The van der Waals surface area contributed by atoms with Gasteiger partial charge in [-0.2, -0.15) is 9.61 Å². The minimum Gasteiger partial charge on any atom is -0.367 e. The van der Waals surface area contributed by atoms with Gasteiger partial charge in [-0.15, -0.1) is 0 Å². The van der Waals surface area contributed by atoms with Crippen molar-refractivity contribution in [3.8, 4) is 0 Å². The molecule has 0 atom stereocenters. The average Bonchev–Trinajstić information content (AvgIpc) is 3.37. The Morgan fingerprint density at radius 3 is 2.94 bits per heavy atom. The molecule has 5 rings (SSSR count). The van der Waals surface area contributed by atoms with E-state index in [2.05, 4.69) is 27.6 Å². The van der Waals surface area contributed by atoms with E-state index in [9.17, 15) is 9.18 Å². The summed E-state index contributed by atoms with van der Waals surface area (Å²) in [6.45, 7) is 4.12. The third kappa shape index (κ3) is 4.11. The van der Waals surface area contributed by atoms with Gasteiger partial charge >= 0.3 is 0 Å². The molecule has 3 heterocycles. The van der Waals surface area contributed by atoms with Crippen LogP contribution in [0.4, 0.5) is 16.0 Å². The lowest BCUT2D eigenvalue weighted by molar-refractivity contribution is -0.118. The number of nitrogens with one attached hydrogen (secondary N) is 3. The van der Waals surface area contributed by atoms with Crippen molar-refractivity contribution < 1.29 is 9.18 Å². The second kappa shape index (κ2) is 7.70. The van der Waals surface area contributed by atoms with Gasteiger partial charge in [-0.25, -0.2) is 9.37 Å². The predicted octanol–water partition coefficient (Wildman–Crippen LogP) is 4.13. The number of aromatic nitrogens is 3. The fraction of sp³-hybridized carbons (Fsp3) is 0.227. The number of benzene rings is 1. The van der Waals surface area contributed by atoms with Crippen LogP contribution >= 0.6 is 11.6 Å². The van der Waals surface area contributed by atoms with Crippen LogP contribution in [0.1, 0.15) is 30.4 Å². The van der Waals surface area contributed by atoms with E-state index < -0.39 is 0 Å². The Morgan fingerprint density at radius 1 is 1.35 bits per heavy atom. The number of amides is 1. The van der Waals surface area contributed by atoms with E-state index >= 15 is 0 Å². The zero-order valence-corrected chi connectivity index (χ0v) is 17.3. The van der Waals surface area contributed by atoms with Crippen molar-refractivity contribution in [2.24, 2.45) is 0 Å². The molecular formula is C22H20ClFN6O. The van der Waals surface area contributed by atoms with Gasteiger partial charge in [0.1, 0.15) is 17.5 Å². The number of rotatable bonds is 6. The summed E-state index contributed by atoms with van der Waals surface area (Å²) in [5, 5.41) is 14.3. The maximum absolute atomic E-state index is 14.1. The van der Waals surface area contributed by atoms with Crippen LogP contribution in [0.2, 0.25) is 5.02 Å². The van der Waals surface area contributed by atoms with Gasteiger partial charge in [0.05, 0.1) is 12.6 Å². The molecule has 7 nitrogen and oxygen atoms in total. The van der Waals surface area contributed by atoms with E-state index in [4.69, 9.17) is 16.6 Å². The SMILES string of the molecule is C=C1NC(=O)C/C1=C\c1cnn2c(NC3CC3)cc(NCc3cc(Cl)ccc3F)nc12. The first-order valence-corrected chi connectivity index (χ1v) is 10.4. The molecule has 0 radical (unpaired) electrons. The summed E-state index contributed by atoms with van der Waals surface area (Å²) in [5.74, 6) is 0.962. The van der Waals surface area contributed by atoms with Crippen molar-refractivity contribution in [1.82, 2.24) is 19.9 Å². The molecule has 2 fully saturated rings. The average molecular weight is 439 g/mol. The van der Waals surface area contributed by atoms with Gasteiger partial charge in [0.15, 0.2) is 5.65 Å². The molecule has 1 aliphatic carbocycles. The minimum atomic E-state index is -0.332. The highest BCUT2D eigenvalue weighted by atomic mass is 35.5. The Hall–Kier alpha value is -3.39. The number of anilines is 2. The summed E-state index contributed by atoms with van der Waals surface area (Å²) < 4.78 is 15.8. The molecule has 0 unspecified atom stereocenters. The molecule has 1 amide bonds. The molecule has 3 N–H and O–H groups in total. The topological polar surface area (TPSA) is 83.4 Å². The van der Waals surface area contributed by atoms with Crippen LogP contribution in [-0.4, -0.2) is 26.5 Å². The van der Waals surface area contributed by atoms with Crippen LogP contribution in [0.25, 0.3) is 11.7 Å². The summed E-state index contributed by atoms with van der Waals surface area (Å²) in [6, 6.07) is 6.73. The Balaban J connectivity index is 1.50. The number of hydrogen-bond donors (Lipinski definition) is 3. The molecule has 0 spiro atoms. The molecule has 1 aliphatic heterocycles. The molecule has 2 aliphatic rings. The largest absolute Gasteiger partial charge is 0.367 e. The van der Waals surface area contributed by atoms with Crippen LogP contribution in [-0.2, 0) is 11.3 Å². The highest BCUT2D eigenvalue weighted by molar-refractivity contribution is 6.30. The van der Waals surface area contributed by atoms with E-state index in [1.54, 1.807) is 16.8 Å².